The van der Waals surface area contributed by atoms with Gasteiger partial charge in [-0.1, -0.05) is 69.5 Å². The van der Waals surface area contributed by atoms with Crippen molar-refractivity contribution in [1.82, 2.24) is 5.43 Å². The minimum absolute atomic E-state index is 0.0349. The van der Waals surface area contributed by atoms with Gasteiger partial charge in [0.25, 0.3) is 15.9 Å². The summed E-state index contributed by atoms with van der Waals surface area (Å²) in [6, 6.07) is 19.6. The fourth-order valence-electron chi connectivity index (χ4n) is 2.76. The fourth-order valence-corrected chi connectivity index (χ4v) is 4.89. The number of amides is 1. The van der Waals surface area contributed by atoms with E-state index in [0.29, 0.717) is 5.71 Å². The van der Waals surface area contributed by atoms with Crippen LogP contribution in [0.4, 0.5) is 5.69 Å². The van der Waals surface area contributed by atoms with Crippen molar-refractivity contribution in [2.24, 2.45) is 5.10 Å². The summed E-state index contributed by atoms with van der Waals surface area (Å²) in [5.41, 5.74) is 3.98. The highest BCUT2D eigenvalue weighted by Crippen LogP contribution is 2.30. The highest BCUT2D eigenvalue weighted by Gasteiger charge is 2.27. The van der Waals surface area contributed by atoms with Crippen LogP contribution in [0.25, 0.3) is 0 Å². The highest BCUT2D eigenvalue weighted by molar-refractivity contribution is 9.10. The third kappa shape index (κ3) is 5.89. The molecule has 0 heterocycles. The number of hydrogen-bond donors (Lipinski definition) is 1. The lowest BCUT2D eigenvalue weighted by Gasteiger charge is -2.24. The van der Waals surface area contributed by atoms with Crippen LogP contribution in [0.3, 0.4) is 0 Å². The molecule has 0 saturated carbocycles. The van der Waals surface area contributed by atoms with Gasteiger partial charge >= 0.3 is 0 Å². The second kappa shape index (κ2) is 10.5. The maximum atomic E-state index is 13.3. The third-order valence-corrected chi connectivity index (χ3v) is 7.42. The van der Waals surface area contributed by atoms with Crippen molar-refractivity contribution in [2.75, 3.05) is 10.8 Å². The molecule has 3 aromatic rings. The fraction of sp³-hybridized carbons (Fsp3) is 0.0909. The molecule has 32 heavy (non-hydrogen) atoms. The van der Waals surface area contributed by atoms with E-state index in [1.165, 1.54) is 30.3 Å². The number of sulfonamides is 1. The molecule has 1 amide bonds. The predicted molar refractivity (Wildman–Crippen MR) is 132 cm³/mol. The van der Waals surface area contributed by atoms with E-state index >= 15 is 0 Å². The average molecular weight is 555 g/mol. The van der Waals surface area contributed by atoms with E-state index in [1.54, 1.807) is 25.1 Å². The minimum Gasteiger partial charge on any atom is -0.271 e. The van der Waals surface area contributed by atoms with Gasteiger partial charge in [0.05, 0.1) is 26.3 Å². The molecule has 0 radical (unpaired) electrons. The Kier molecular flexibility index (Phi) is 7.95. The van der Waals surface area contributed by atoms with Crippen molar-refractivity contribution in [3.63, 3.8) is 0 Å². The van der Waals surface area contributed by atoms with Crippen molar-refractivity contribution in [2.45, 2.75) is 11.8 Å². The first kappa shape index (κ1) is 24.3. The molecule has 0 aliphatic carbocycles. The quantitative estimate of drug-likeness (QED) is 0.310. The monoisotopic (exact) mass is 553 g/mol. The summed E-state index contributed by atoms with van der Waals surface area (Å²) in [6.07, 6.45) is 0. The zero-order chi connectivity index (χ0) is 23.3. The molecule has 0 fully saturated rings. The van der Waals surface area contributed by atoms with Gasteiger partial charge in [-0.15, -0.1) is 0 Å². The number of nitrogens with zero attached hydrogens (tertiary/aromatic N) is 2. The number of hydrogen-bond acceptors (Lipinski definition) is 4. The normalized spacial score (nSPS) is 11.8. The van der Waals surface area contributed by atoms with Crippen LogP contribution in [-0.2, 0) is 14.8 Å². The summed E-state index contributed by atoms with van der Waals surface area (Å²) in [5.74, 6) is -0.620. The van der Waals surface area contributed by atoms with E-state index in [9.17, 15) is 13.2 Å². The molecule has 0 aliphatic heterocycles. The molecule has 0 atom stereocenters. The number of anilines is 1. The van der Waals surface area contributed by atoms with Crippen LogP contribution in [0, 0.1) is 0 Å². The van der Waals surface area contributed by atoms with Crippen LogP contribution >= 0.6 is 39.1 Å². The number of halogens is 3. The van der Waals surface area contributed by atoms with E-state index < -0.39 is 22.5 Å². The molecule has 3 aromatic carbocycles. The van der Waals surface area contributed by atoms with Crippen molar-refractivity contribution in [1.29, 1.82) is 0 Å². The lowest BCUT2D eigenvalue weighted by molar-refractivity contribution is -0.119. The summed E-state index contributed by atoms with van der Waals surface area (Å²) in [4.78, 5) is 12.7. The number of benzene rings is 3. The van der Waals surface area contributed by atoms with E-state index in [0.717, 1.165) is 14.3 Å². The maximum Gasteiger partial charge on any atom is 0.264 e. The zero-order valence-electron chi connectivity index (χ0n) is 16.8. The average Bonchev–Trinajstić information content (AvgIpc) is 2.78. The van der Waals surface area contributed by atoms with E-state index in [2.05, 4.69) is 26.5 Å². The molecular weight excluding hydrogens is 537 g/mol. The van der Waals surface area contributed by atoms with Gasteiger partial charge in [-0.25, -0.2) is 13.8 Å². The highest BCUT2D eigenvalue weighted by atomic mass is 79.9. The first-order valence-corrected chi connectivity index (χ1v) is 12.3. The number of carbonyl (C=O) groups is 1. The summed E-state index contributed by atoms with van der Waals surface area (Å²) in [6.45, 7) is 1.23. The number of carbonyl (C=O) groups excluding carboxylic acids is 1. The molecule has 166 valence electrons. The molecule has 0 bridgehead atoms. The summed E-state index contributed by atoms with van der Waals surface area (Å²) >= 11 is 15.5. The summed E-state index contributed by atoms with van der Waals surface area (Å²) in [5, 5.41) is 4.53. The van der Waals surface area contributed by atoms with Crippen LogP contribution in [0.5, 0.6) is 0 Å². The molecule has 1 N–H and O–H groups in total. The van der Waals surface area contributed by atoms with Crippen molar-refractivity contribution < 1.29 is 13.2 Å². The largest absolute Gasteiger partial charge is 0.271 e. The Hall–Kier alpha value is -2.39. The van der Waals surface area contributed by atoms with Gasteiger partial charge < -0.3 is 0 Å². The molecule has 0 unspecified atom stereocenters. The smallest absolute Gasteiger partial charge is 0.264 e. The van der Waals surface area contributed by atoms with Gasteiger partial charge in [-0.2, -0.15) is 5.10 Å². The molecule has 0 aromatic heterocycles. The molecule has 0 spiro atoms. The van der Waals surface area contributed by atoms with E-state index in [1.807, 2.05) is 24.3 Å². The molecule has 3 rings (SSSR count). The molecule has 0 saturated heterocycles. The maximum absolute atomic E-state index is 13.3. The predicted octanol–water partition coefficient (Wildman–Crippen LogP) is 5.49. The number of nitrogens with one attached hydrogen (secondary N) is 1. The first-order valence-electron chi connectivity index (χ1n) is 9.30. The Bertz CT molecular complexity index is 1270. The van der Waals surface area contributed by atoms with Crippen LogP contribution in [0.2, 0.25) is 10.0 Å². The van der Waals surface area contributed by atoms with Crippen LogP contribution in [0.15, 0.2) is 87.3 Å². The van der Waals surface area contributed by atoms with Crippen LogP contribution < -0.4 is 9.73 Å². The van der Waals surface area contributed by atoms with Crippen LogP contribution in [0.1, 0.15) is 12.5 Å². The topological polar surface area (TPSA) is 78.8 Å². The zero-order valence-corrected chi connectivity index (χ0v) is 20.7. The summed E-state index contributed by atoms with van der Waals surface area (Å²) < 4.78 is 28.4. The molecule has 10 heteroatoms. The van der Waals surface area contributed by atoms with E-state index in [-0.39, 0.29) is 20.6 Å². The molecular formula is C22H18BrCl2N3O3S. The second-order valence-electron chi connectivity index (χ2n) is 6.67. The number of rotatable bonds is 7. The molecule has 6 nitrogen and oxygen atoms in total. The Balaban J connectivity index is 1.89. The Labute approximate surface area is 205 Å². The number of hydrazone groups is 1. The van der Waals surface area contributed by atoms with Gasteiger partial charge in [0, 0.05) is 4.47 Å². The Morgan fingerprint density at radius 2 is 1.72 bits per heavy atom. The van der Waals surface area contributed by atoms with Gasteiger partial charge in [0.15, 0.2) is 0 Å². The summed E-state index contributed by atoms with van der Waals surface area (Å²) in [7, 11) is -4.06. The lowest BCUT2D eigenvalue weighted by Crippen LogP contribution is -2.39. The standard InChI is InChI=1S/C22H18BrCl2N3O3S/c1-15(16-6-5-7-17(23)12-16)26-27-22(29)14-28(18-10-11-20(24)21(25)13-18)32(30,31)19-8-3-2-4-9-19/h2-13H,14H2,1H3,(H,27,29)/b26-15+. The second-order valence-corrected chi connectivity index (χ2v) is 10.3. The van der Waals surface area contributed by atoms with E-state index in [4.69, 9.17) is 23.2 Å². The Morgan fingerprint density at radius 3 is 2.38 bits per heavy atom. The third-order valence-electron chi connectivity index (χ3n) is 4.40. The van der Waals surface area contributed by atoms with Crippen molar-refractivity contribution in [3.8, 4) is 0 Å². The first-order chi connectivity index (χ1) is 15.2. The SMILES string of the molecule is C/C(=N\NC(=O)CN(c1ccc(Cl)c(Cl)c1)S(=O)(=O)c1ccccc1)c1cccc(Br)c1. The van der Waals surface area contributed by atoms with Gasteiger partial charge in [-0.05, 0) is 55.0 Å². The van der Waals surface area contributed by atoms with Crippen molar-refractivity contribution >= 4 is 66.5 Å². The lowest BCUT2D eigenvalue weighted by atomic mass is 10.1. The van der Waals surface area contributed by atoms with Gasteiger partial charge in [-0.3, -0.25) is 9.10 Å². The van der Waals surface area contributed by atoms with Gasteiger partial charge in [0.1, 0.15) is 6.54 Å². The molecule has 0 aliphatic rings. The van der Waals surface area contributed by atoms with Gasteiger partial charge in [0.2, 0.25) is 0 Å². The van der Waals surface area contributed by atoms with Crippen molar-refractivity contribution in [3.05, 3.63) is 92.9 Å². The minimum atomic E-state index is -4.06. The Morgan fingerprint density at radius 1 is 1.00 bits per heavy atom. The van der Waals surface area contributed by atoms with Crippen LogP contribution in [-0.4, -0.2) is 26.6 Å².